The first-order chi connectivity index (χ1) is 15.7. The Balaban J connectivity index is 1.51. The molecule has 0 N–H and O–H groups in total. The van der Waals surface area contributed by atoms with Gasteiger partial charge in [0.25, 0.3) is 0 Å². The van der Waals surface area contributed by atoms with Crippen molar-refractivity contribution in [1.82, 2.24) is 0 Å². The predicted molar refractivity (Wildman–Crippen MR) is 124 cm³/mol. The van der Waals surface area contributed by atoms with E-state index in [1.165, 1.54) is 5.56 Å². The van der Waals surface area contributed by atoms with Crippen LogP contribution in [0.5, 0.6) is 5.75 Å². The summed E-state index contributed by atoms with van der Waals surface area (Å²) in [6.45, 7) is 0. The maximum Gasteiger partial charge on any atom is 0.205 e. The van der Waals surface area contributed by atoms with Crippen molar-refractivity contribution in [1.29, 1.82) is 10.5 Å². The lowest BCUT2D eigenvalue weighted by atomic mass is 9.71. The van der Waals surface area contributed by atoms with Gasteiger partial charge in [-0.15, -0.1) is 0 Å². The summed E-state index contributed by atoms with van der Waals surface area (Å²) in [5.74, 6) is 1.24. The number of nitriles is 2. The molecule has 0 radical (unpaired) electrons. The zero-order valence-electron chi connectivity index (χ0n) is 17.8. The topological polar surface area (TPSA) is 69.2 Å². The lowest BCUT2D eigenvalue weighted by Gasteiger charge is -2.44. The molecule has 0 amide bonds. The van der Waals surface area contributed by atoms with E-state index in [2.05, 4.69) is 41.4 Å². The van der Waals surface area contributed by atoms with Crippen molar-refractivity contribution in [3.63, 3.8) is 0 Å². The van der Waals surface area contributed by atoms with Gasteiger partial charge in [-0.05, 0) is 72.6 Å². The smallest absolute Gasteiger partial charge is 0.205 e. The van der Waals surface area contributed by atoms with Gasteiger partial charge in [0.1, 0.15) is 11.4 Å². The molecular formula is C28H23N3O. The summed E-state index contributed by atoms with van der Waals surface area (Å²) in [7, 11) is 0. The molecule has 3 aromatic carbocycles. The standard InChI is InChI=1S/C28H23N3O/c29-18-20-6-4-9-22(14-20)23-11-12-27-25(15-23)26(31-19-30)17-28(32-27)13-5-10-24(16-28)21-7-2-1-3-8-21/h1-4,6-9,11-12,14-15,24H,5,10,13,16-17H2. The molecule has 5 rings (SSSR count). The van der Waals surface area contributed by atoms with Crippen LogP contribution in [-0.2, 0) is 0 Å². The maximum absolute atomic E-state index is 9.40. The molecule has 0 bridgehead atoms. The third-order valence-corrected chi connectivity index (χ3v) is 6.69. The fraction of sp³-hybridized carbons (Fsp3) is 0.250. The van der Waals surface area contributed by atoms with E-state index in [0.717, 1.165) is 53.8 Å². The lowest BCUT2D eigenvalue weighted by molar-refractivity contribution is 0.0240. The highest BCUT2D eigenvalue weighted by Gasteiger charge is 2.43. The number of benzene rings is 3. The van der Waals surface area contributed by atoms with Crippen LogP contribution >= 0.6 is 0 Å². The summed E-state index contributed by atoms with van der Waals surface area (Å²) in [6.07, 6.45) is 6.78. The van der Waals surface area contributed by atoms with E-state index in [9.17, 15) is 10.5 Å². The summed E-state index contributed by atoms with van der Waals surface area (Å²) in [5, 5.41) is 18.6. The molecule has 156 valence electrons. The Morgan fingerprint density at radius 3 is 2.59 bits per heavy atom. The number of nitrogens with zero attached hydrogens (tertiary/aromatic N) is 3. The van der Waals surface area contributed by atoms with E-state index in [0.29, 0.717) is 17.9 Å². The largest absolute Gasteiger partial charge is 0.486 e. The number of ether oxygens (including phenoxy) is 1. The van der Waals surface area contributed by atoms with Gasteiger partial charge in [0.05, 0.1) is 17.3 Å². The number of hydrogen-bond acceptors (Lipinski definition) is 4. The van der Waals surface area contributed by atoms with E-state index in [1.807, 2.05) is 42.6 Å². The minimum Gasteiger partial charge on any atom is -0.486 e. The molecule has 2 unspecified atom stereocenters. The van der Waals surface area contributed by atoms with Gasteiger partial charge in [0.2, 0.25) is 6.19 Å². The van der Waals surface area contributed by atoms with Crippen molar-refractivity contribution in [2.24, 2.45) is 4.99 Å². The van der Waals surface area contributed by atoms with Crippen LogP contribution in [0.3, 0.4) is 0 Å². The van der Waals surface area contributed by atoms with Crippen LogP contribution in [0.2, 0.25) is 0 Å². The quantitative estimate of drug-likeness (QED) is 0.455. The molecule has 2 atom stereocenters. The molecule has 4 heteroatoms. The number of fused-ring (bicyclic) bond motifs is 1. The molecule has 32 heavy (non-hydrogen) atoms. The zero-order valence-corrected chi connectivity index (χ0v) is 17.8. The second kappa shape index (κ2) is 8.33. The van der Waals surface area contributed by atoms with E-state index < -0.39 is 0 Å². The first-order valence-corrected chi connectivity index (χ1v) is 11.0. The predicted octanol–water partition coefficient (Wildman–Crippen LogP) is 6.37. The van der Waals surface area contributed by atoms with Gasteiger partial charge in [-0.3, -0.25) is 0 Å². The molecule has 2 aliphatic rings. The van der Waals surface area contributed by atoms with Gasteiger partial charge < -0.3 is 4.74 Å². The van der Waals surface area contributed by atoms with Gasteiger partial charge in [-0.1, -0.05) is 48.5 Å². The minimum atomic E-state index is -0.330. The van der Waals surface area contributed by atoms with Crippen LogP contribution in [-0.4, -0.2) is 11.3 Å². The van der Waals surface area contributed by atoms with E-state index in [4.69, 9.17) is 4.74 Å². The molecule has 0 saturated heterocycles. The zero-order chi connectivity index (χ0) is 22.0. The molecule has 1 fully saturated rings. The Morgan fingerprint density at radius 2 is 1.78 bits per heavy atom. The van der Waals surface area contributed by atoms with Gasteiger partial charge in [-0.25, -0.2) is 0 Å². The van der Waals surface area contributed by atoms with E-state index >= 15 is 0 Å². The molecule has 4 nitrogen and oxygen atoms in total. The van der Waals surface area contributed by atoms with Crippen LogP contribution in [0.25, 0.3) is 11.1 Å². The minimum absolute atomic E-state index is 0.330. The van der Waals surface area contributed by atoms with E-state index in [-0.39, 0.29) is 5.60 Å². The Morgan fingerprint density at radius 1 is 0.938 bits per heavy atom. The van der Waals surface area contributed by atoms with E-state index in [1.54, 1.807) is 6.07 Å². The summed E-state index contributed by atoms with van der Waals surface area (Å²) >= 11 is 0. The van der Waals surface area contributed by atoms with Crippen molar-refractivity contribution >= 4 is 5.71 Å². The number of aliphatic imine (C=N–C) groups is 1. The average molecular weight is 418 g/mol. The maximum atomic E-state index is 9.40. The van der Waals surface area contributed by atoms with Gasteiger partial charge >= 0.3 is 0 Å². The van der Waals surface area contributed by atoms with Crippen LogP contribution in [0.4, 0.5) is 0 Å². The molecule has 1 aliphatic heterocycles. The van der Waals surface area contributed by atoms with Crippen molar-refractivity contribution < 1.29 is 4.74 Å². The third-order valence-electron chi connectivity index (χ3n) is 6.69. The van der Waals surface area contributed by atoms with Crippen LogP contribution in [0, 0.1) is 22.8 Å². The van der Waals surface area contributed by atoms with Crippen LogP contribution < -0.4 is 4.74 Å². The second-order valence-corrected chi connectivity index (χ2v) is 8.73. The molecule has 1 heterocycles. The molecule has 1 spiro atoms. The number of hydrogen-bond donors (Lipinski definition) is 0. The molecular weight excluding hydrogens is 394 g/mol. The average Bonchev–Trinajstić information content (AvgIpc) is 2.84. The van der Waals surface area contributed by atoms with Gasteiger partial charge in [-0.2, -0.15) is 15.5 Å². The summed E-state index contributed by atoms with van der Waals surface area (Å²) in [5.41, 5.74) is 5.26. The van der Waals surface area contributed by atoms with Crippen LogP contribution in [0.1, 0.15) is 54.7 Å². The fourth-order valence-corrected chi connectivity index (χ4v) is 5.21. The van der Waals surface area contributed by atoms with Crippen molar-refractivity contribution in [2.45, 2.75) is 43.6 Å². The molecule has 3 aromatic rings. The van der Waals surface area contributed by atoms with Gasteiger partial charge in [0.15, 0.2) is 0 Å². The highest BCUT2D eigenvalue weighted by molar-refractivity contribution is 6.05. The summed E-state index contributed by atoms with van der Waals surface area (Å²) < 4.78 is 6.68. The first-order valence-electron chi connectivity index (χ1n) is 11.0. The Hall–Kier alpha value is -3.89. The van der Waals surface area contributed by atoms with Crippen molar-refractivity contribution in [3.05, 3.63) is 89.5 Å². The fourth-order valence-electron chi connectivity index (χ4n) is 5.21. The summed E-state index contributed by atoms with van der Waals surface area (Å²) in [4.78, 5) is 4.23. The van der Waals surface area contributed by atoms with Crippen LogP contribution in [0.15, 0.2) is 77.8 Å². The monoisotopic (exact) mass is 417 g/mol. The lowest BCUT2D eigenvalue weighted by Crippen LogP contribution is -2.45. The Labute approximate surface area is 188 Å². The Bertz CT molecular complexity index is 1270. The second-order valence-electron chi connectivity index (χ2n) is 8.73. The molecule has 1 saturated carbocycles. The SMILES string of the molecule is N#CN=C1CC2(CCCC(c3ccccc3)C2)Oc2ccc(-c3cccc(C#N)c3)cc21. The highest BCUT2D eigenvalue weighted by atomic mass is 16.5. The van der Waals surface area contributed by atoms with Crippen molar-refractivity contribution in [2.75, 3.05) is 0 Å². The Kier molecular flexibility index (Phi) is 5.21. The highest BCUT2D eigenvalue weighted by Crippen LogP contribution is 2.47. The normalized spacial score (nSPS) is 23.1. The van der Waals surface area contributed by atoms with Crippen molar-refractivity contribution in [3.8, 4) is 29.1 Å². The first kappa shape index (κ1) is 20.0. The summed E-state index contributed by atoms with van der Waals surface area (Å²) in [6, 6.07) is 26.4. The molecule has 0 aromatic heterocycles. The van der Waals surface area contributed by atoms with Gasteiger partial charge in [0, 0.05) is 12.0 Å². The third kappa shape index (κ3) is 3.77. The molecule has 1 aliphatic carbocycles. The number of rotatable bonds is 2.